The van der Waals surface area contributed by atoms with Gasteiger partial charge < -0.3 is 15.0 Å². The molecule has 3 aromatic rings. The summed E-state index contributed by atoms with van der Waals surface area (Å²) < 4.78 is 27.7. The van der Waals surface area contributed by atoms with Crippen molar-refractivity contribution >= 4 is 27.0 Å². The van der Waals surface area contributed by atoms with Crippen molar-refractivity contribution in [2.75, 3.05) is 20.6 Å². The van der Waals surface area contributed by atoms with Gasteiger partial charge in [-0.25, -0.2) is 17.7 Å². The Hall–Kier alpha value is -2.91. The molecule has 1 amide bonds. The van der Waals surface area contributed by atoms with E-state index in [0.717, 1.165) is 11.1 Å². The van der Waals surface area contributed by atoms with Gasteiger partial charge >= 0.3 is 0 Å². The fourth-order valence-corrected chi connectivity index (χ4v) is 4.12. The fourth-order valence-electron chi connectivity index (χ4n) is 3.20. The van der Waals surface area contributed by atoms with Gasteiger partial charge in [0.25, 0.3) is 0 Å². The van der Waals surface area contributed by atoms with Gasteiger partial charge in [-0.3, -0.25) is 4.79 Å². The molecule has 0 saturated heterocycles. The zero-order valence-electron chi connectivity index (χ0n) is 17.3. The third-order valence-corrected chi connectivity index (χ3v) is 6.76. The molecule has 0 saturated carbocycles. The molecule has 160 valence electrons. The summed E-state index contributed by atoms with van der Waals surface area (Å²) in [5.41, 5.74) is 2.35. The van der Waals surface area contributed by atoms with Crippen LogP contribution in [0.2, 0.25) is 0 Å². The molecular weight excluding hydrogens is 404 g/mol. The maximum atomic E-state index is 12.3. The van der Waals surface area contributed by atoms with Crippen molar-refractivity contribution in [2.45, 2.75) is 24.2 Å². The predicted molar refractivity (Wildman–Crippen MR) is 115 cm³/mol. The average molecular weight is 431 g/mol. The lowest BCUT2D eigenvalue weighted by Gasteiger charge is -2.10. The molecule has 0 aliphatic carbocycles. The molecule has 0 aliphatic rings. The van der Waals surface area contributed by atoms with E-state index in [2.05, 4.69) is 10.3 Å². The highest BCUT2D eigenvalue weighted by molar-refractivity contribution is 7.89. The van der Waals surface area contributed by atoms with Crippen molar-refractivity contribution < 1.29 is 18.3 Å². The maximum Gasteiger partial charge on any atom is 0.242 e. The second-order valence-electron chi connectivity index (χ2n) is 7.29. The summed E-state index contributed by atoms with van der Waals surface area (Å²) in [6.07, 6.45) is 1.36. The van der Waals surface area contributed by atoms with Gasteiger partial charge in [-0.1, -0.05) is 12.1 Å². The Bertz CT molecular complexity index is 1170. The summed E-state index contributed by atoms with van der Waals surface area (Å²) >= 11 is 0. The molecule has 9 heteroatoms. The molecule has 1 heterocycles. The van der Waals surface area contributed by atoms with Crippen LogP contribution in [0.25, 0.3) is 11.0 Å². The van der Waals surface area contributed by atoms with Crippen LogP contribution in [-0.4, -0.2) is 53.9 Å². The maximum absolute atomic E-state index is 12.3. The van der Waals surface area contributed by atoms with E-state index >= 15 is 0 Å². The van der Waals surface area contributed by atoms with Crippen molar-refractivity contribution in [2.24, 2.45) is 7.05 Å². The SMILES string of the molecule is CN(C)S(=O)(=O)c1ccc2c(c1)nc(CCC(=O)NCCc1cccc(O)c1)n2C. The van der Waals surface area contributed by atoms with Gasteiger partial charge in [-0.2, -0.15) is 0 Å². The van der Waals surface area contributed by atoms with Gasteiger partial charge in [0.2, 0.25) is 15.9 Å². The highest BCUT2D eigenvalue weighted by atomic mass is 32.2. The number of aromatic hydroxyl groups is 1. The first-order valence-corrected chi connectivity index (χ1v) is 11.0. The number of rotatable bonds is 8. The molecular formula is C21H26N4O4S. The Labute approximate surface area is 176 Å². The van der Waals surface area contributed by atoms with E-state index in [1.54, 1.807) is 36.4 Å². The Balaban J connectivity index is 1.61. The Morgan fingerprint density at radius 1 is 1.17 bits per heavy atom. The van der Waals surface area contributed by atoms with Crippen molar-refractivity contribution in [3.8, 4) is 5.75 Å². The van der Waals surface area contributed by atoms with Gasteiger partial charge in [0.15, 0.2) is 0 Å². The van der Waals surface area contributed by atoms with Crippen LogP contribution in [0.3, 0.4) is 0 Å². The van der Waals surface area contributed by atoms with Gasteiger partial charge in [0, 0.05) is 40.5 Å². The van der Waals surface area contributed by atoms with Crippen LogP contribution >= 0.6 is 0 Å². The van der Waals surface area contributed by atoms with Crippen LogP contribution in [0.5, 0.6) is 5.75 Å². The Morgan fingerprint density at radius 3 is 2.63 bits per heavy atom. The molecule has 0 bridgehead atoms. The van der Waals surface area contributed by atoms with E-state index in [1.165, 1.54) is 18.4 Å². The number of nitrogens with one attached hydrogen (secondary N) is 1. The predicted octanol–water partition coefficient (Wildman–Crippen LogP) is 1.82. The van der Waals surface area contributed by atoms with Crippen molar-refractivity contribution in [1.82, 2.24) is 19.2 Å². The molecule has 1 aromatic heterocycles. The smallest absolute Gasteiger partial charge is 0.242 e. The first kappa shape index (κ1) is 21.8. The topological polar surface area (TPSA) is 105 Å². The quantitative estimate of drug-likeness (QED) is 0.567. The third kappa shape index (κ3) is 4.80. The van der Waals surface area contributed by atoms with E-state index in [-0.39, 0.29) is 23.0 Å². The number of carbonyl (C=O) groups excluding carboxylic acids is 1. The summed E-state index contributed by atoms with van der Waals surface area (Å²) in [5, 5.41) is 12.3. The number of phenolic OH excluding ortho intramolecular Hbond substituents is 1. The number of imidazole rings is 1. The summed E-state index contributed by atoms with van der Waals surface area (Å²) in [6, 6.07) is 11.8. The summed E-state index contributed by atoms with van der Waals surface area (Å²) in [5.74, 6) is 0.841. The highest BCUT2D eigenvalue weighted by Gasteiger charge is 2.19. The van der Waals surface area contributed by atoms with E-state index < -0.39 is 10.0 Å². The largest absolute Gasteiger partial charge is 0.508 e. The highest BCUT2D eigenvalue weighted by Crippen LogP contribution is 2.21. The minimum atomic E-state index is -3.53. The minimum absolute atomic E-state index is 0.0851. The molecule has 2 N–H and O–H groups in total. The zero-order chi connectivity index (χ0) is 21.9. The minimum Gasteiger partial charge on any atom is -0.508 e. The molecule has 0 spiro atoms. The van der Waals surface area contributed by atoms with Crippen molar-refractivity contribution in [3.63, 3.8) is 0 Å². The summed E-state index contributed by atoms with van der Waals surface area (Å²) in [6.45, 7) is 0.483. The molecule has 0 unspecified atom stereocenters. The Kier molecular flexibility index (Phi) is 6.42. The number of aryl methyl sites for hydroxylation is 2. The van der Waals surface area contributed by atoms with E-state index in [9.17, 15) is 18.3 Å². The normalized spacial score (nSPS) is 11.9. The monoisotopic (exact) mass is 430 g/mol. The lowest BCUT2D eigenvalue weighted by Crippen LogP contribution is -2.26. The molecule has 0 radical (unpaired) electrons. The lowest BCUT2D eigenvalue weighted by molar-refractivity contribution is -0.121. The number of fused-ring (bicyclic) bond motifs is 1. The molecule has 3 rings (SSSR count). The van der Waals surface area contributed by atoms with Gasteiger partial charge in [-0.05, 0) is 42.3 Å². The molecule has 0 fully saturated rings. The molecule has 8 nitrogen and oxygen atoms in total. The number of hydrogen-bond donors (Lipinski definition) is 2. The number of amides is 1. The first-order valence-electron chi connectivity index (χ1n) is 9.61. The third-order valence-electron chi connectivity index (χ3n) is 4.95. The number of aromatic nitrogens is 2. The fraction of sp³-hybridized carbons (Fsp3) is 0.333. The number of sulfonamides is 1. The summed E-state index contributed by atoms with van der Waals surface area (Å²) in [7, 11) is 1.30. The standard InChI is InChI=1S/C21H26N4O4S/c1-24(2)30(28,29)17-7-8-19-18(14-17)23-20(25(19)3)9-10-21(27)22-12-11-15-5-4-6-16(26)13-15/h4-8,13-14,26H,9-12H2,1-3H3,(H,22,27). The van der Waals surface area contributed by atoms with Crippen molar-refractivity contribution in [1.29, 1.82) is 0 Å². The van der Waals surface area contributed by atoms with Crippen LogP contribution in [0.15, 0.2) is 47.4 Å². The summed E-state index contributed by atoms with van der Waals surface area (Å²) in [4.78, 5) is 16.9. The second-order valence-corrected chi connectivity index (χ2v) is 9.45. The van der Waals surface area contributed by atoms with Gasteiger partial charge in [0.1, 0.15) is 11.6 Å². The average Bonchev–Trinajstić information content (AvgIpc) is 3.01. The molecule has 0 aliphatic heterocycles. The van der Waals surface area contributed by atoms with Crippen LogP contribution in [-0.2, 0) is 34.7 Å². The second kappa shape index (κ2) is 8.85. The number of hydrogen-bond acceptors (Lipinski definition) is 5. The lowest BCUT2D eigenvalue weighted by atomic mass is 10.1. The first-order chi connectivity index (χ1) is 14.2. The van der Waals surface area contributed by atoms with Crippen LogP contribution in [0, 0.1) is 0 Å². The van der Waals surface area contributed by atoms with E-state index in [1.807, 2.05) is 17.7 Å². The van der Waals surface area contributed by atoms with Gasteiger partial charge in [-0.15, -0.1) is 0 Å². The number of phenols is 1. The number of nitrogens with zero attached hydrogens (tertiary/aromatic N) is 3. The van der Waals surface area contributed by atoms with Gasteiger partial charge in [0.05, 0.1) is 15.9 Å². The van der Waals surface area contributed by atoms with Crippen LogP contribution in [0.1, 0.15) is 17.8 Å². The van der Waals surface area contributed by atoms with E-state index in [0.29, 0.717) is 30.7 Å². The molecule has 30 heavy (non-hydrogen) atoms. The Morgan fingerprint density at radius 2 is 1.93 bits per heavy atom. The van der Waals surface area contributed by atoms with E-state index in [4.69, 9.17) is 0 Å². The molecule has 0 atom stereocenters. The van der Waals surface area contributed by atoms with Crippen LogP contribution < -0.4 is 5.32 Å². The molecule has 2 aromatic carbocycles. The number of carbonyl (C=O) groups is 1. The van der Waals surface area contributed by atoms with Crippen molar-refractivity contribution in [3.05, 3.63) is 53.9 Å². The van der Waals surface area contributed by atoms with Crippen LogP contribution in [0.4, 0.5) is 0 Å². The zero-order valence-corrected chi connectivity index (χ0v) is 18.1. The number of benzene rings is 2.